The van der Waals surface area contributed by atoms with Crippen LogP contribution in [0.4, 0.5) is 5.13 Å². The molecule has 0 radical (unpaired) electrons. The number of aromatic nitrogens is 1. The topological polar surface area (TPSA) is 79.7 Å². The minimum atomic E-state index is -0.813. The van der Waals surface area contributed by atoms with E-state index in [9.17, 15) is 14.7 Å². The highest BCUT2D eigenvalue weighted by molar-refractivity contribution is 7.16. The first-order valence-corrected chi connectivity index (χ1v) is 10.7. The van der Waals surface area contributed by atoms with Crippen LogP contribution in [-0.2, 0) is 9.59 Å². The first-order chi connectivity index (χ1) is 14.8. The van der Waals surface area contributed by atoms with Crippen molar-refractivity contribution < 1.29 is 19.4 Å². The maximum atomic E-state index is 13.1. The Morgan fingerprint density at radius 3 is 2.45 bits per heavy atom. The minimum absolute atomic E-state index is 0.0112. The predicted octanol–water partition coefficient (Wildman–Crippen LogP) is 5.05. The molecule has 8 heteroatoms. The molecule has 0 bridgehead atoms. The van der Waals surface area contributed by atoms with Crippen LogP contribution in [0.2, 0.25) is 5.02 Å². The molecule has 1 aliphatic heterocycles. The summed E-state index contributed by atoms with van der Waals surface area (Å²) < 4.78 is 5.16. The zero-order valence-electron chi connectivity index (χ0n) is 17.0. The summed E-state index contributed by atoms with van der Waals surface area (Å²) in [6.45, 7) is 3.76. The molecule has 0 saturated carbocycles. The van der Waals surface area contributed by atoms with Crippen LogP contribution in [0.3, 0.4) is 0 Å². The minimum Gasteiger partial charge on any atom is -0.507 e. The van der Waals surface area contributed by atoms with Gasteiger partial charge in [0.15, 0.2) is 5.13 Å². The van der Waals surface area contributed by atoms with Crippen LogP contribution in [0, 0.1) is 13.8 Å². The molecule has 158 valence electrons. The van der Waals surface area contributed by atoms with E-state index in [4.69, 9.17) is 16.3 Å². The number of carbonyl (C=O) groups excluding carboxylic acids is 2. The van der Waals surface area contributed by atoms with Gasteiger partial charge < -0.3 is 9.84 Å². The predicted molar refractivity (Wildman–Crippen MR) is 121 cm³/mol. The van der Waals surface area contributed by atoms with Gasteiger partial charge in [-0.2, -0.15) is 0 Å². The third-order valence-electron chi connectivity index (χ3n) is 5.21. The molecule has 1 atom stereocenters. The number of aliphatic hydroxyl groups is 1. The molecular formula is C23H19ClN2O4S. The number of nitrogens with zero attached hydrogens (tertiary/aromatic N) is 2. The second-order valence-electron chi connectivity index (χ2n) is 7.07. The third kappa shape index (κ3) is 3.60. The van der Waals surface area contributed by atoms with Gasteiger partial charge in [0.2, 0.25) is 0 Å². The second kappa shape index (κ2) is 8.17. The van der Waals surface area contributed by atoms with Gasteiger partial charge in [0.25, 0.3) is 5.78 Å². The summed E-state index contributed by atoms with van der Waals surface area (Å²) in [5.74, 6) is -1.37. The summed E-state index contributed by atoms with van der Waals surface area (Å²) in [7, 11) is 1.49. The highest BCUT2D eigenvalue weighted by Gasteiger charge is 2.48. The quantitative estimate of drug-likeness (QED) is 0.339. The number of aliphatic hydroxyl groups excluding tert-OH is 1. The Kier molecular flexibility index (Phi) is 5.56. The number of hydrogen-bond donors (Lipinski definition) is 1. The smallest absolute Gasteiger partial charge is 0.301 e. The van der Waals surface area contributed by atoms with Crippen molar-refractivity contribution >= 4 is 45.5 Å². The fourth-order valence-electron chi connectivity index (χ4n) is 3.51. The molecule has 2 heterocycles. The molecule has 1 N–H and O–H groups in total. The summed E-state index contributed by atoms with van der Waals surface area (Å²) in [6.07, 6.45) is 0. The Morgan fingerprint density at radius 2 is 1.87 bits per heavy atom. The molecule has 1 unspecified atom stereocenters. The number of hydrogen-bond acceptors (Lipinski definition) is 6. The number of halogens is 1. The van der Waals surface area contributed by atoms with Crippen molar-refractivity contribution in [2.24, 2.45) is 0 Å². The van der Waals surface area contributed by atoms with Crippen molar-refractivity contribution in [2.75, 3.05) is 12.0 Å². The maximum absolute atomic E-state index is 13.1. The summed E-state index contributed by atoms with van der Waals surface area (Å²) in [5, 5.41) is 11.8. The fourth-order valence-corrected chi connectivity index (χ4v) is 4.70. The van der Waals surface area contributed by atoms with E-state index < -0.39 is 17.7 Å². The van der Waals surface area contributed by atoms with Crippen LogP contribution in [0.5, 0.6) is 5.75 Å². The van der Waals surface area contributed by atoms with Gasteiger partial charge in [-0.05, 0) is 37.6 Å². The van der Waals surface area contributed by atoms with Crippen molar-refractivity contribution in [1.82, 2.24) is 4.98 Å². The van der Waals surface area contributed by atoms with Crippen molar-refractivity contribution in [2.45, 2.75) is 19.9 Å². The number of ketones is 1. The molecule has 1 fully saturated rings. The highest BCUT2D eigenvalue weighted by atomic mass is 35.5. The molecule has 3 aromatic rings. The largest absolute Gasteiger partial charge is 0.507 e. The van der Waals surface area contributed by atoms with Crippen LogP contribution in [-0.4, -0.2) is 28.9 Å². The number of anilines is 1. The maximum Gasteiger partial charge on any atom is 0.301 e. The van der Waals surface area contributed by atoms with Gasteiger partial charge in [-0.3, -0.25) is 14.5 Å². The Balaban J connectivity index is 1.93. The number of methoxy groups -OCH3 is 1. The van der Waals surface area contributed by atoms with Crippen molar-refractivity contribution in [3.8, 4) is 5.75 Å². The van der Waals surface area contributed by atoms with E-state index in [2.05, 4.69) is 4.98 Å². The first kappa shape index (κ1) is 21.1. The molecule has 6 nitrogen and oxygen atoms in total. The fraction of sp³-hybridized carbons (Fsp3) is 0.174. The number of thiazole rings is 1. The van der Waals surface area contributed by atoms with Crippen LogP contribution < -0.4 is 9.64 Å². The number of amides is 1. The molecule has 4 rings (SSSR count). The van der Waals surface area contributed by atoms with E-state index >= 15 is 0 Å². The first-order valence-electron chi connectivity index (χ1n) is 9.47. The van der Waals surface area contributed by atoms with E-state index in [1.165, 1.54) is 29.4 Å². The Morgan fingerprint density at radius 1 is 1.16 bits per heavy atom. The van der Waals surface area contributed by atoms with Gasteiger partial charge in [0, 0.05) is 10.4 Å². The zero-order valence-corrected chi connectivity index (χ0v) is 18.6. The van der Waals surface area contributed by atoms with Crippen molar-refractivity contribution in [1.29, 1.82) is 0 Å². The molecule has 1 aliphatic rings. The van der Waals surface area contributed by atoms with E-state index in [0.29, 0.717) is 22.0 Å². The highest BCUT2D eigenvalue weighted by Crippen LogP contribution is 2.44. The van der Waals surface area contributed by atoms with Gasteiger partial charge >= 0.3 is 5.91 Å². The monoisotopic (exact) mass is 454 g/mol. The van der Waals surface area contributed by atoms with Gasteiger partial charge in [0.05, 0.1) is 29.4 Å². The zero-order chi connectivity index (χ0) is 22.3. The van der Waals surface area contributed by atoms with Crippen LogP contribution in [0.1, 0.15) is 27.7 Å². The van der Waals surface area contributed by atoms with E-state index in [1.54, 1.807) is 12.1 Å². The van der Waals surface area contributed by atoms with E-state index in [-0.39, 0.29) is 16.4 Å². The lowest BCUT2D eigenvalue weighted by Gasteiger charge is -2.23. The van der Waals surface area contributed by atoms with Crippen LogP contribution in [0.15, 0.2) is 54.1 Å². The number of benzene rings is 2. The second-order valence-corrected chi connectivity index (χ2v) is 8.66. The summed E-state index contributed by atoms with van der Waals surface area (Å²) in [5.41, 5.74) is 1.78. The number of carbonyl (C=O) groups is 2. The number of rotatable bonds is 4. The Hall–Kier alpha value is -3.16. The lowest BCUT2D eigenvalue weighted by molar-refractivity contribution is -0.132. The Labute approximate surface area is 188 Å². The summed E-state index contributed by atoms with van der Waals surface area (Å²) >= 11 is 7.55. The van der Waals surface area contributed by atoms with Crippen LogP contribution in [0.25, 0.3) is 5.76 Å². The van der Waals surface area contributed by atoms with Gasteiger partial charge in [-0.1, -0.05) is 41.9 Å². The Bertz CT molecular complexity index is 1200. The molecule has 0 aliphatic carbocycles. The van der Waals surface area contributed by atoms with Crippen LogP contribution >= 0.6 is 22.9 Å². The average Bonchev–Trinajstić information content (AvgIpc) is 3.23. The number of aryl methyl sites for hydroxylation is 2. The molecule has 31 heavy (non-hydrogen) atoms. The lowest BCUT2D eigenvalue weighted by Crippen LogP contribution is -2.29. The SMILES string of the molecule is COc1ccc(/C(O)=C2\C(=O)C(=O)N(c3nc(C)c(C)s3)C2c2ccccc2)cc1Cl. The average molecular weight is 455 g/mol. The van der Waals surface area contributed by atoms with Gasteiger partial charge in [-0.15, -0.1) is 11.3 Å². The van der Waals surface area contributed by atoms with Crippen molar-refractivity contribution in [3.05, 3.63) is 80.8 Å². The van der Waals surface area contributed by atoms with E-state index in [1.807, 2.05) is 44.2 Å². The molecule has 1 saturated heterocycles. The summed E-state index contributed by atoms with van der Waals surface area (Å²) in [4.78, 5) is 33.0. The number of Topliss-reactive ketones (excluding diaryl/α,β-unsaturated/α-hetero) is 1. The lowest BCUT2D eigenvalue weighted by atomic mass is 9.95. The van der Waals surface area contributed by atoms with E-state index in [0.717, 1.165) is 10.6 Å². The third-order valence-corrected chi connectivity index (χ3v) is 6.58. The molecular weight excluding hydrogens is 436 g/mol. The van der Waals surface area contributed by atoms with Gasteiger partial charge in [0.1, 0.15) is 11.5 Å². The van der Waals surface area contributed by atoms with Gasteiger partial charge in [-0.25, -0.2) is 4.98 Å². The molecule has 0 spiro atoms. The standard InChI is InChI=1S/C23H19ClN2O4S/c1-12-13(2)31-23(25-12)26-19(14-7-5-4-6-8-14)18(21(28)22(26)29)20(27)15-9-10-17(30-3)16(24)11-15/h4-11,19,27H,1-3H3/b20-18+. The molecule has 2 aromatic carbocycles. The van der Waals surface area contributed by atoms with Crippen molar-refractivity contribution in [3.63, 3.8) is 0 Å². The normalized spacial score (nSPS) is 17.9. The summed E-state index contributed by atoms with van der Waals surface area (Å²) in [6, 6.07) is 13.0. The number of ether oxygens (including phenoxy) is 1. The molecule has 1 aromatic heterocycles. The molecule has 1 amide bonds.